The van der Waals surface area contributed by atoms with E-state index in [-0.39, 0.29) is 17.0 Å². The Hall–Kier alpha value is -0.240. The van der Waals surface area contributed by atoms with E-state index in [0.717, 1.165) is 12.8 Å². The third-order valence-corrected chi connectivity index (χ3v) is 6.66. The summed E-state index contributed by atoms with van der Waals surface area (Å²) >= 11 is 4.75. The predicted molar refractivity (Wildman–Crippen MR) is 69.0 cm³/mol. The number of sulfonamides is 1. The standard InChI is InChI=1S/C10H18N2O3S2/c1-6(10(11)16)17(14,15)12-4-7-2-3-9(13)8(7)5-12/h6-9,13H,2-5H2,1H3,(H2,11,16). The Morgan fingerprint density at radius 1 is 1.47 bits per heavy atom. The van der Waals surface area contributed by atoms with Crippen molar-refractivity contribution in [3.05, 3.63) is 0 Å². The lowest BCUT2D eigenvalue weighted by Crippen LogP contribution is -2.42. The van der Waals surface area contributed by atoms with Crippen molar-refractivity contribution in [2.45, 2.75) is 31.1 Å². The van der Waals surface area contributed by atoms with E-state index < -0.39 is 15.3 Å². The van der Waals surface area contributed by atoms with E-state index in [1.165, 1.54) is 11.2 Å². The fourth-order valence-electron chi connectivity index (χ4n) is 2.77. The molecule has 0 amide bonds. The number of hydrogen-bond donors (Lipinski definition) is 2. The fraction of sp³-hybridized carbons (Fsp3) is 0.900. The molecule has 0 aromatic rings. The summed E-state index contributed by atoms with van der Waals surface area (Å²) in [4.78, 5) is 0.00241. The first kappa shape index (κ1) is 13.2. The lowest BCUT2D eigenvalue weighted by atomic mass is 10.00. The fourth-order valence-corrected chi connectivity index (χ4v) is 4.66. The number of fused-ring (bicyclic) bond motifs is 1. The maximum atomic E-state index is 12.2. The molecule has 2 fully saturated rings. The highest BCUT2D eigenvalue weighted by Gasteiger charge is 2.46. The molecule has 17 heavy (non-hydrogen) atoms. The molecule has 0 spiro atoms. The molecule has 5 nitrogen and oxygen atoms in total. The van der Waals surface area contributed by atoms with Crippen LogP contribution in [0.1, 0.15) is 19.8 Å². The summed E-state index contributed by atoms with van der Waals surface area (Å²) in [7, 11) is -3.45. The average molecular weight is 278 g/mol. The monoisotopic (exact) mass is 278 g/mol. The first-order valence-corrected chi connectivity index (χ1v) is 7.71. The van der Waals surface area contributed by atoms with Crippen molar-refractivity contribution in [3.8, 4) is 0 Å². The first-order valence-electron chi connectivity index (χ1n) is 5.80. The molecular formula is C10H18N2O3S2. The largest absolute Gasteiger partial charge is 0.393 e. The van der Waals surface area contributed by atoms with E-state index in [1.54, 1.807) is 0 Å². The van der Waals surface area contributed by atoms with Crippen LogP contribution in [0.4, 0.5) is 0 Å². The maximum absolute atomic E-state index is 12.2. The second-order valence-corrected chi connectivity index (χ2v) is 7.70. The van der Waals surface area contributed by atoms with Crippen LogP contribution in [0.25, 0.3) is 0 Å². The van der Waals surface area contributed by atoms with Crippen molar-refractivity contribution < 1.29 is 13.5 Å². The highest BCUT2D eigenvalue weighted by atomic mass is 32.2. The molecule has 0 radical (unpaired) electrons. The first-order chi connectivity index (χ1) is 7.84. The third kappa shape index (κ3) is 2.21. The van der Waals surface area contributed by atoms with Gasteiger partial charge in [-0.25, -0.2) is 12.7 Å². The molecule has 4 atom stereocenters. The zero-order valence-electron chi connectivity index (χ0n) is 9.74. The van der Waals surface area contributed by atoms with Crippen molar-refractivity contribution in [1.29, 1.82) is 0 Å². The van der Waals surface area contributed by atoms with Crippen molar-refractivity contribution in [1.82, 2.24) is 4.31 Å². The van der Waals surface area contributed by atoms with Crippen LogP contribution in [-0.2, 0) is 10.0 Å². The van der Waals surface area contributed by atoms with Gasteiger partial charge in [0.2, 0.25) is 10.0 Å². The number of aliphatic hydroxyl groups is 1. The van der Waals surface area contributed by atoms with Gasteiger partial charge in [0.15, 0.2) is 0 Å². The van der Waals surface area contributed by atoms with Gasteiger partial charge in [0.1, 0.15) is 5.25 Å². The van der Waals surface area contributed by atoms with Gasteiger partial charge in [-0.15, -0.1) is 0 Å². The zero-order valence-corrected chi connectivity index (χ0v) is 11.4. The van der Waals surface area contributed by atoms with Crippen molar-refractivity contribution in [2.24, 2.45) is 17.6 Å². The van der Waals surface area contributed by atoms with Crippen LogP contribution < -0.4 is 5.73 Å². The Balaban J connectivity index is 2.13. The Kier molecular flexibility index (Phi) is 3.46. The van der Waals surface area contributed by atoms with E-state index in [2.05, 4.69) is 0 Å². The van der Waals surface area contributed by atoms with Crippen molar-refractivity contribution in [2.75, 3.05) is 13.1 Å². The Bertz CT molecular complexity index is 423. The molecule has 2 aliphatic rings. The molecule has 1 aliphatic heterocycles. The lowest BCUT2D eigenvalue weighted by molar-refractivity contribution is 0.129. The van der Waals surface area contributed by atoms with Crippen LogP contribution in [0.3, 0.4) is 0 Å². The summed E-state index contributed by atoms with van der Waals surface area (Å²) < 4.78 is 25.8. The van der Waals surface area contributed by atoms with Gasteiger partial charge in [-0.2, -0.15) is 0 Å². The number of thiocarbonyl (C=S) groups is 1. The van der Waals surface area contributed by atoms with E-state index in [9.17, 15) is 13.5 Å². The molecule has 0 aromatic carbocycles. The summed E-state index contributed by atoms with van der Waals surface area (Å²) in [6, 6.07) is 0. The molecule has 2 rings (SSSR count). The molecule has 1 saturated heterocycles. The van der Waals surface area contributed by atoms with E-state index in [4.69, 9.17) is 18.0 Å². The number of nitrogens with two attached hydrogens (primary N) is 1. The van der Waals surface area contributed by atoms with Crippen LogP contribution >= 0.6 is 12.2 Å². The van der Waals surface area contributed by atoms with Gasteiger partial charge >= 0.3 is 0 Å². The van der Waals surface area contributed by atoms with Crippen LogP contribution in [0.5, 0.6) is 0 Å². The molecule has 3 N–H and O–H groups in total. The molecular weight excluding hydrogens is 260 g/mol. The van der Waals surface area contributed by atoms with Crippen LogP contribution in [0.2, 0.25) is 0 Å². The summed E-state index contributed by atoms with van der Waals surface area (Å²) in [6.45, 7) is 2.42. The zero-order chi connectivity index (χ0) is 12.8. The van der Waals surface area contributed by atoms with E-state index in [1.807, 2.05) is 0 Å². The molecule has 1 saturated carbocycles. The van der Waals surface area contributed by atoms with Gasteiger partial charge in [0.25, 0.3) is 0 Å². The molecule has 7 heteroatoms. The minimum absolute atomic E-state index is 0.00241. The SMILES string of the molecule is CC(C(N)=S)S(=O)(=O)N1CC2CCC(O)C2C1. The highest BCUT2D eigenvalue weighted by molar-refractivity contribution is 7.92. The molecule has 0 bridgehead atoms. The van der Waals surface area contributed by atoms with Gasteiger partial charge in [-0.1, -0.05) is 12.2 Å². The van der Waals surface area contributed by atoms with E-state index in [0.29, 0.717) is 19.0 Å². The quantitative estimate of drug-likeness (QED) is 0.692. The van der Waals surface area contributed by atoms with Crippen molar-refractivity contribution >= 4 is 27.2 Å². The lowest BCUT2D eigenvalue weighted by Gasteiger charge is -2.22. The third-order valence-electron chi connectivity index (χ3n) is 3.99. The average Bonchev–Trinajstić information content (AvgIpc) is 2.80. The Morgan fingerprint density at radius 2 is 2.12 bits per heavy atom. The number of nitrogens with zero attached hydrogens (tertiary/aromatic N) is 1. The predicted octanol–water partition coefficient (Wildman–Crippen LogP) is -0.306. The normalized spacial score (nSPS) is 35.8. The van der Waals surface area contributed by atoms with Crippen LogP contribution in [0, 0.1) is 11.8 Å². The molecule has 1 aliphatic carbocycles. The number of aliphatic hydroxyl groups excluding tert-OH is 1. The second-order valence-electron chi connectivity index (χ2n) is 4.98. The van der Waals surface area contributed by atoms with E-state index >= 15 is 0 Å². The summed E-state index contributed by atoms with van der Waals surface area (Å²) in [6.07, 6.45) is 1.33. The Labute approximate surface area is 107 Å². The summed E-state index contributed by atoms with van der Waals surface area (Å²) in [5.41, 5.74) is 5.41. The minimum atomic E-state index is -3.45. The summed E-state index contributed by atoms with van der Waals surface area (Å²) in [5.74, 6) is 0.377. The Morgan fingerprint density at radius 3 is 2.65 bits per heavy atom. The maximum Gasteiger partial charge on any atom is 0.223 e. The molecule has 98 valence electrons. The van der Waals surface area contributed by atoms with Gasteiger partial charge in [-0.05, 0) is 25.7 Å². The van der Waals surface area contributed by atoms with Crippen LogP contribution in [0.15, 0.2) is 0 Å². The minimum Gasteiger partial charge on any atom is -0.393 e. The van der Waals surface area contributed by atoms with Gasteiger partial charge in [-0.3, -0.25) is 0 Å². The second kappa shape index (κ2) is 4.46. The molecule has 0 aromatic heterocycles. The van der Waals surface area contributed by atoms with Gasteiger partial charge in [0.05, 0.1) is 11.1 Å². The van der Waals surface area contributed by atoms with Crippen LogP contribution in [-0.4, -0.2) is 47.3 Å². The topological polar surface area (TPSA) is 83.6 Å². The van der Waals surface area contributed by atoms with Gasteiger partial charge in [0, 0.05) is 19.0 Å². The van der Waals surface area contributed by atoms with Gasteiger partial charge < -0.3 is 10.8 Å². The highest BCUT2D eigenvalue weighted by Crippen LogP contribution is 2.39. The molecule has 1 heterocycles. The van der Waals surface area contributed by atoms with Crippen molar-refractivity contribution in [3.63, 3.8) is 0 Å². The molecule has 4 unspecified atom stereocenters. The number of rotatable bonds is 3. The summed E-state index contributed by atoms with van der Waals surface area (Å²) in [5, 5.41) is 8.93. The number of hydrogen-bond acceptors (Lipinski definition) is 4. The smallest absolute Gasteiger partial charge is 0.223 e.